The molecule has 0 radical (unpaired) electrons. The third-order valence-electron chi connectivity index (χ3n) is 2.99. The Balaban J connectivity index is 2.23. The molecular weight excluding hydrogens is 218 g/mol. The number of hydrogen-bond acceptors (Lipinski definition) is 3. The summed E-state index contributed by atoms with van der Waals surface area (Å²) in [7, 11) is 0. The van der Waals surface area contributed by atoms with Crippen LogP contribution in [0.3, 0.4) is 0 Å². The van der Waals surface area contributed by atoms with Crippen LogP contribution in [0.5, 0.6) is 0 Å². The summed E-state index contributed by atoms with van der Waals surface area (Å²) in [5.74, 6) is -0.774. The van der Waals surface area contributed by atoms with Gasteiger partial charge in [0, 0.05) is 13.0 Å². The van der Waals surface area contributed by atoms with E-state index in [1.54, 1.807) is 17.0 Å². The number of rotatable bonds is 3. The second kappa shape index (κ2) is 5.10. The minimum atomic E-state index is -0.897. The van der Waals surface area contributed by atoms with E-state index >= 15 is 0 Å². The van der Waals surface area contributed by atoms with Gasteiger partial charge in [-0.1, -0.05) is 30.3 Å². The Kier molecular flexibility index (Phi) is 3.54. The maximum atomic E-state index is 11.4. The summed E-state index contributed by atoms with van der Waals surface area (Å²) in [5, 5.41) is 9.31. The number of carbonyl (C=O) groups excluding carboxylic acids is 1. The van der Waals surface area contributed by atoms with Crippen molar-refractivity contribution in [3.05, 3.63) is 35.9 Å². The molecule has 1 aromatic carbocycles. The van der Waals surface area contributed by atoms with Gasteiger partial charge in [0.15, 0.2) is 0 Å². The topological polar surface area (TPSA) is 57.6 Å². The van der Waals surface area contributed by atoms with Gasteiger partial charge in [0.1, 0.15) is 11.8 Å². The Labute approximate surface area is 99.9 Å². The Morgan fingerprint density at radius 1 is 1.29 bits per heavy atom. The fraction of sp³-hybridized carbons (Fsp3) is 0.385. The lowest BCUT2D eigenvalue weighted by Crippen LogP contribution is -2.41. The number of carbonyl (C=O) groups is 2. The highest BCUT2D eigenvalue weighted by molar-refractivity contribution is 5.83. The largest absolute Gasteiger partial charge is 0.480 e. The van der Waals surface area contributed by atoms with E-state index in [4.69, 9.17) is 0 Å². The zero-order valence-electron chi connectivity index (χ0n) is 9.50. The molecule has 1 N–H and O–H groups in total. The van der Waals surface area contributed by atoms with Crippen LogP contribution in [0.1, 0.15) is 24.4 Å². The van der Waals surface area contributed by atoms with Crippen molar-refractivity contribution in [2.75, 3.05) is 13.1 Å². The Morgan fingerprint density at radius 3 is 2.59 bits per heavy atom. The monoisotopic (exact) mass is 233 g/mol. The van der Waals surface area contributed by atoms with E-state index in [9.17, 15) is 14.7 Å². The molecule has 1 aliphatic heterocycles. The number of ketones is 1. The number of carboxylic acids is 1. The summed E-state index contributed by atoms with van der Waals surface area (Å²) in [5.41, 5.74) is 0.731. The lowest BCUT2D eigenvalue weighted by molar-refractivity contribution is -0.144. The van der Waals surface area contributed by atoms with Gasteiger partial charge in [-0.15, -0.1) is 0 Å². The van der Waals surface area contributed by atoms with E-state index in [1.807, 2.05) is 18.2 Å². The SMILES string of the molecule is O=C1CCCN(C(C(=O)O)c2ccccc2)C1. The molecule has 1 atom stereocenters. The lowest BCUT2D eigenvalue weighted by atomic mass is 10.0. The highest BCUT2D eigenvalue weighted by Crippen LogP contribution is 2.23. The number of nitrogens with zero attached hydrogens (tertiary/aromatic N) is 1. The normalized spacial score (nSPS) is 18.9. The lowest BCUT2D eigenvalue weighted by Gasteiger charge is -2.31. The Hall–Kier alpha value is -1.68. The second-order valence-electron chi connectivity index (χ2n) is 4.26. The van der Waals surface area contributed by atoms with Crippen LogP contribution in [-0.4, -0.2) is 34.8 Å². The van der Waals surface area contributed by atoms with E-state index in [-0.39, 0.29) is 12.3 Å². The van der Waals surface area contributed by atoms with E-state index < -0.39 is 12.0 Å². The van der Waals surface area contributed by atoms with Crippen molar-refractivity contribution >= 4 is 11.8 Å². The van der Waals surface area contributed by atoms with Crippen molar-refractivity contribution in [1.82, 2.24) is 4.90 Å². The molecule has 1 heterocycles. The van der Waals surface area contributed by atoms with Crippen LogP contribution in [-0.2, 0) is 9.59 Å². The molecule has 1 aliphatic rings. The van der Waals surface area contributed by atoms with Crippen LogP contribution >= 0.6 is 0 Å². The standard InChI is InChI=1S/C13H15NO3/c15-11-7-4-8-14(9-11)12(13(16)17)10-5-2-1-3-6-10/h1-3,5-6,12H,4,7-9H2,(H,16,17). The van der Waals surface area contributed by atoms with Gasteiger partial charge in [0.25, 0.3) is 0 Å². The molecule has 0 aliphatic carbocycles. The first-order valence-electron chi connectivity index (χ1n) is 5.72. The molecule has 90 valence electrons. The number of piperidine rings is 1. The number of carboxylic acid groups (broad SMARTS) is 1. The summed E-state index contributed by atoms with van der Waals surface area (Å²) < 4.78 is 0. The molecular formula is C13H15NO3. The van der Waals surface area contributed by atoms with Crippen molar-refractivity contribution in [2.45, 2.75) is 18.9 Å². The first kappa shape index (κ1) is 11.8. The van der Waals surface area contributed by atoms with Crippen molar-refractivity contribution < 1.29 is 14.7 Å². The molecule has 1 unspecified atom stereocenters. The van der Waals surface area contributed by atoms with Crippen LogP contribution < -0.4 is 0 Å². The first-order chi connectivity index (χ1) is 8.18. The van der Waals surface area contributed by atoms with Crippen LogP contribution in [0.2, 0.25) is 0 Å². The van der Waals surface area contributed by atoms with Gasteiger partial charge in [-0.3, -0.25) is 14.5 Å². The van der Waals surface area contributed by atoms with Gasteiger partial charge in [-0.2, -0.15) is 0 Å². The average molecular weight is 233 g/mol. The highest BCUT2D eigenvalue weighted by Gasteiger charge is 2.30. The van der Waals surface area contributed by atoms with Crippen LogP contribution in [0.4, 0.5) is 0 Å². The second-order valence-corrected chi connectivity index (χ2v) is 4.26. The molecule has 1 fully saturated rings. The number of hydrogen-bond donors (Lipinski definition) is 1. The summed E-state index contributed by atoms with van der Waals surface area (Å²) in [6.07, 6.45) is 1.31. The molecule has 4 nitrogen and oxygen atoms in total. The van der Waals surface area contributed by atoms with E-state index in [0.29, 0.717) is 13.0 Å². The minimum absolute atomic E-state index is 0.124. The molecule has 0 aromatic heterocycles. The molecule has 1 saturated heterocycles. The van der Waals surface area contributed by atoms with Gasteiger partial charge < -0.3 is 5.11 Å². The fourth-order valence-corrected chi connectivity index (χ4v) is 2.23. The van der Waals surface area contributed by atoms with Crippen molar-refractivity contribution in [3.63, 3.8) is 0 Å². The van der Waals surface area contributed by atoms with E-state index in [0.717, 1.165) is 12.0 Å². The van der Waals surface area contributed by atoms with Crippen molar-refractivity contribution in [3.8, 4) is 0 Å². The maximum Gasteiger partial charge on any atom is 0.325 e. The smallest absolute Gasteiger partial charge is 0.325 e. The van der Waals surface area contributed by atoms with Gasteiger partial charge in [0.2, 0.25) is 0 Å². The number of Topliss-reactive ketones (excluding diaryl/α,β-unsaturated/α-hetero) is 1. The van der Waals surface area contributed by atoms with Gasteiger partial charge in [-0.05, 0) is 12.0 Å². The van der Waals surface area contributed by atoms with Crippen molar-refractivity contribution in [2.24, 2.45) is 0 Å². The number of benzene rings is 1. The predicted octanol–water partition coefficient (Wildman–Crippen LogP) is 1.48. The molecule has 0 bridgehead atoms. The third-order valence-corrected chi connectivity index (χ3v) is 2.99. The molecule has 4 heteroatoms. The summed E-state index contributed by atoms with van der Waals surface area (Å²) in [6.45, 7) is 0.906. The summed E-state index contributed by atoms with van der Waals surface area (Å²) in [6, 6.07) is 8.36. The zero-order chi connectivity index (χ0) is 12.3. The molecule has 1 aromatic rings. The predicted molar refractivity (Wildman–Crippen MR) is 62.6 cm³/mol. The third kappa shape index (κ3) is 2.71. The summed E-state index contributed by atoms with van der Waals surface area (Å²) in [4.78, 5) is 24.5. The average Bonchev–Trinajstić information content (AvgIpc) is 2.30. The maximum absolute atomic E-state index is 11.4. The van der Waals surface area contributed by atoms with Crippen LogP contribution in [0.15, 0.2) is 30.3 Å². The summed E-state index contributed by atoms with van der Waals surface area (Å²) >= 11 is 0. The molecule has 17 heavy (non-hydrogen) atoms. The number of likely N-dealkylation sites (tertiary alicyclic amines) is 1. The molecule has 0 spiro atoms. The van der Waals surface area contributed by atoms with E-state index in [2.05, 4.69) is 0 Å². The van der Waals surface area contributed by atoms with Crippen molar-refractivity contribution in [1.29, 1.82) is 0 Å². The molecule has 0 saturated carbocycles. The Morgan fingerprint density at radius 2 is 2.00 bits per heavy atom. The van der Waals surface area contributed by atoms with Gasteiger partial charge in [-0.25, -0.2) is 0 Å². The fourth-order valence-electron chi connectivity index (χ4n) is 2.23. The first-order valence-corrected chi connectivity index (χ1v) is 5.72. The van der Waals surface area contributed by atoms with Gasteiger partial charge in [0.05, 0.1) is 6.54 Å². The molecule has 2 rings (SSSR count). The molecule has 0 amide bonds. The minimum Gasteiger partial charge on any atom is -0.480 e. The zero-order valence-corrected chi connectivity index (χ0v) is 9.50. The van der Waals surface area contributed by atoms with Gasteiger partial charge >= 0.3 is 5.97 Å². The number of aliphatic carboxylic acids is 1. The Bertz CT molecular complexity index is 416. The quantitative estimate of drug-likeness (QED) is 0.859. The van der Waals surface area contributed by atoms with Crippen LogP contribution in [0.25, 0.3) is 0 Å². The van der Waals surface area contributed by atoms with Crippen LogP contribution in [0, 0.1) is 0 Å². The van der Waals surface area contributed by atoms with E-state index in [1.165, 1.54) is 0 Å². The highest BCUT2D eigenvalue weighted by atomic mass is 16.4.